The van der Waals surface area contributed by atoms with Crippen molar-refractivity contribution in [2.75, 3.05) is 39.6 Å². The third kappa shape index (κ3) is 30.4. The second-order valence-electron chi connectivity index (χ2n) is 28.1. The van der Waals surface area contributed by atoms with Gasteiger partial charge in [-0.1, -0.05) is 0 Å². The Morgan fingerprint density at radius 2 is 0.298 bits per heavy atom. The number of rotatable bonds is 35. The van der Waals surface area contributed by atoms with Crippen molar-refractivity contribution in [1.82, 2.24) is 0 Å². The maximum atomic E-state index is 14.1. The minimum absolute atomic E-state index is 0.767. The maximum absolute atomic E-state index is 14.1. The van der Waals surface area contributed by atoms with Gasteiger partial charge in [-0.2, -0.15) is 0 Å². The van der Waals surface area contributed by atoms with E-state index in [4.69, 9.17) is 142 Å². The van der Waals surface area contributed by atoms with Gasteiger partial charge < -0.3 is 147 Å². The summed E-state index contributed by atoms with van der Waals surface area (Å²) in [4.78, 5) is 252. The van der Waals surface area contributed by atoms with Crippen LogP contribution in [-0.2, 0) is 233 Å². The molecule has 0 aromatic rings. The van der Waals surface area contributed by atoms with Crippen molar-refractivity contribution >= 4 is 113 Å². The predicted octanol–water partition coefficient (Wildman–Crippen LogP) is -3.26. The van der Waals surface area contributed by atoms with E-state index in [-0.39, 0.29) is 0 Å². The molecule has 0 unspecified atom stereocenters. The standard InChI is InChI=1S/C74H100O50/c1-26(75)95-20-45-51(101-32(7)81)57(63(69(94)114-45)108-39(14)88)120-71-65(110-41(16)90)59(53(103-34(9)83)47(116-71)22-97-28(3)77)122-73-67(112-43(18)92)61(55(105-36(11)85)49(118-73)24-99-30(5)79)124-74-68(113-44(19)93)62(56(106-37(12)86)50(119-74)25-100-31(6)80)123-72-66(111-42(17)91)60(54(104-35(10)84)48(117-72)23-98-29(4)78)121-70-64(109-40(15)89)58(107-38(13)87)52(102-33(8)82)46(115-70)21-96-27(2)76/h45-74,94H,20-25H2,1-19H3/t45-,46-,47-,48-,49-,50-,51-,52-,53-,54-,55-,56-,57+,58+,59+,60+,61+,62+,63-,64-,65-,66-,67-,68-,69-,70+,71+,72+,73+,74+/m1/s1. The van der Waals surface area contributed by atoms with Gasteiger partial charge in [-0.15, -0.1) is 0 Å². The van der Waals surface area contributed by atoms with Crippen LogP contribution in [0, 0.1) is 0 Å². The Bertz CT molecular complexity index is 3840. The molecule has 0 aromatic heterocycles. The van der Waals surface area contributed by atoms with Gasteiger partial charge in [0, 0.05) is 132 Å². The highest BCUT2D eigenvalue weighted by atomic mass is 16.8. The monoisotopic (exact) mass is 1790 g/mol. The molecule has 50 heteroatoms. The summed E-state index contributed by atoms with van der Waals surface area (Å²) in [6.07, 6.45) is -66.6. The van der Waals surface area contributed by atoms with Crippen LogP contribution in [0.3, 0.4) is 0 Å². The van der Waals surface area contributed by atoms with Gasteiger partial charge in [0.15, 0.2) is 117 Å². The number of aliphatic hydroxyl groups excluding tert-OH is 1. The van der Waals surface area contributed by atoms with E-state index in [1.165, 1.54) is 0 Å². The molecule has 0 saturated carbocycles. The Kier molecular flexibility index (Phi) is 38.7. The molecule has 6 saturated heterocycles. The highest BCUT2D eigenvalue weighted by molar-refractivity contribution is 5.73. The van der Waals surface area contributed by atoms with Crippen molar-refractivity contribution < 1.29 is 238 Å². The van der Waals surface area contributed by atoms with Gasteiger partial charge in [0.05, 0.1) is 0 Å². The number of hydrogen-bond acceptors (Lipinski definition) is 50. The molecule has 50 nitrogen and oxygen atoms in total. The van der Waals surface area contributed by atoms with E-state index >= 15 is 0 Å². The molecule has 30 atom stereocenters. The van der Waals surface area contributed by atoms with Gasteiger partial charge in [0.2, 0.25) is 0 Å². The Hall–Kier alpha value is -10.6. The number of aliphatic hydroxyl groups is 1. The molecule has 0 aliphatic carbocycles. The van der Waals surface area contributed by atoms with Crippen molar-refractivity contribution in [3.63, 3.8) is 0 Å². The Morgan fingerprint density at radius 1 is 0.169 bits per heavy atom. The first-order valence-electron chi connectivity index (χ1n) is 37.9. The molecule has 0 spiro atoms. The van der Waals surface area contributed by atoms with Crippen LogP contribution in [0.5, 0.6) is 0 Å². The largest absolute Gasteiger partial charge is 0.463 e. The van der Waals surface area contributed by atoms with E-state index in [0.29, 0.717) is 0 Å². The Morgan fingerprint density at radius 3 is 0.468 bits per heavy atom. The van der Waals surface area contributed by atoms with Crippen molar-refractivity contribution in [2.24, 2.45) is 0 Å². The summed E-state index contributed by atoms with van der Waals surface area (Å²) in [7, 11) is 0. The van der Waals surface area contributed by atoms with Crippen LogP contribution in [0.1, 0.15) is 132 Å². The zero-order chi connectivity index (χ0) is 92.7. The zero-order valence-corrected chi connectivity index (χ0v) is 70.5. The zero-order valence-electron chi connectivity index (χ0n) is 70.5. The molecule has 6 rings (SSSR count). The van der Waals surface area contributed by atoms with E-state index in [0.717, 1.165) is 132 Å². The Balaban J connectivity index is 1.68. The lowest BCUT2D eigenvalue weighted by molar-refractivity contribution is -0.398. The fraction of sp³-hybridized carbons (Fsp3) is 0.743. The lowest BCUT2D eigenvalue weighted by Crippen LogP contribution is -2.70. The van der Waals surface area contributed by atoms with E-state index in [9.17, 15) is 96.2 Å². The number of hydrogen-bond donors (Lipinski definition) is 1. The third-order valence-electron chi connectivity index (χ3n) is 17.7. The number of ether oxygens (including phenoxy) is 30. The van der Waals surface area contributed by atoms with Crippen LogP contribution in [0.25, 0.3) is 0 Å². The van der Waals surface area contributed by atoms with Gasteiger partial charge in [-0.25, -0.2) is 0 Å². The van der Waals surface area contributed by atoms with E-state index in [2.05, 4.69) is 0 Å². The minimum Gasteiger partial charge on any atom is -0.463 e. The molecule has 6 aliphatic rings. The van der Waals surface area contributed by atoms with Crippen LogP contribution >= 0.6 is 0 Å². The third-order valence-corrected chi connectivity index (χ3v) is 17.7. The lowest BCUT2D eigenvalue weighted by Gasteiger charge is -2.52. The highest BCUT2D eigenvalue weighted by Crippen LogP contribution is 2.43. The van der Waals surface area contributed by atoms with Gasteiger partial charge in [0.1, 0.15) is 107 Å². The van der Waals surface area contributed by atoms with Crippen LogP contribution in [0.15, 0.2) is 0 Å². The summed E-state index contributed by atoms with van der Waals surface area (Å²) in [5.74, 6) is -22.2. The van der Waals surface area contributed by atoms with Crippen molar-refractivity contribution in [3.8, 4) is 0 Å². The second-order valence-corrected chi connectivity index (χ2v) is 28.1. The number of carbonyl (C=O) groups is 19. The summed E-state index contributed by atoms with van der Waals surface area (Å²) >= 11 is 0. The van der Waals surface area contributed by atoms with Crippen molar-refractivity contribution in [1.29, 1.82) is 0 Å². The smallest absolute Gasteiger partial charge is 0.303 e. The fourth-order valence-electron chi connectivity index (χ4n) is 13.6. The van der Waals surface area contributed by atoms with Crippen LogP contribution in [-0.4, -0.2) is 342 Å². The summed E-state index contributed by atoms with van der Waals surface area (Å²) in [5.41, 5.74) is 0. The summed E-state index contributed by atoms with van der Waals surface area (Å²) in [6.45, 7) is 10.5. The summed E-state index contributed by atoms with van der Waals surface area (Å²) in [6, 6.07) is 0. The SMILES string of the molecule is CC(=O)OC[C@H]1O[C@@H](O)[C@H](OC(C)=O)[C@@H](O[C@@H]2O[C@H](COC(C)=O)[C@@H](OC(C)=O)[C@H](O[C@@H]3O[C@H](COC(C)=O)[C@@H](OC(C)=O)[C@H](O[C@@H]4O[C@H](COC(C)=O)[C@@H](OC(C)=O)[C@H](O[C@@H]5O[C@H](COC(C)=O)[C@@H](OC(C)=O)[C@H](O[C@@H]6O[C@H](COC(C)=O)[C@@H](OC(C)=O)[C@H](OC(C)=O)[C@H]6OC(C)=O)[C@H]5OC(C)=O)[C@H]4OC(C)=O)[C@H]3OC(C)=O)[C@H]2OC(C)=O)[C@@H]1OC(C)=O. The minimum atomic E-state index is -2.59. The number of esters is 19. The first kappa shape index (κ1) is 102. The molecule has 6 heterocycles. The Labute approximate surface area is 705 Å². The highest BCUT2D eigenvalue weighted by Gasteiger charge is 2.65. The average molecular weight is 1790 g/mol. The maximum Gasteiger partial charge on any atom is 0.303 e. The van der Waals surface area contributed by atoms with Gasteiger partial charge >= 0.3 is 113 Å². The molecule has 124 heavy (non-hydrogen) atoms. The molecule has 0 bridgehead atoms. The first-order chi connectivity index (χ1) is 58.0. The predicted molar refractivity (Wildman–Crippen MR) is 381 cm³/mol. The van der Waals surface area contributed by atoms with Crippen LogP contribution < -0.4 is 0 Å². The van der Waals surface area contributed by atoms with Gasteiger partial charge in [-0.05, 0) is 0 Å². The quantitative estimate of drug-likeness (QED) is 0.0481. The summed E-state index contributed by atoms with van der Waals surface area (Å²) in [5, 5.41) is 11.5. The van der Waals surface area contributed by atoms with Crippen LogP contribution in [0.2, 0.25) is 0 Å². The van der Waals surface area contributed by atoms with Crippen molar-refractivity contribution in [2.45, 2.75) is 316 Å². The number of carbonyl (C=O) groups excluding carboxylic acids is 19. The molecule has 6 aliphatic heterocycles. The van der Waals surface area contributed by atoms with E-state index < -0.39 is 337 Å². The summed E-state index contributed by atoms with van der Waals surface area (Å²) < 4.78 is 178. The van der Waals surface area contributed by atoms with Gasteiger partial charge in [-0.3, -0.25) is 91.1 Å². The van der Waals surface area contributed by atoms with E-state index in [1.54, 1.807) is 0 Å². The topological polar surface area (TPSA) is 621 Å². The average Bonchev–Trinajstić information content (AvgIpc) is 0.754. The lowest BCUT2D eigenvalue weighted by atomic mass is 9.94. The van der Waals surface area contributed by atoms with E-state index in [1.807, 2.05) is 0 Å². The molecule has 0 aromatic carbocycles. The molecule has 0 radical (unpaired) electrons. The first-order valence-corrected chi connectivity index (χ1v) is 37.9. The molecule has 6 fully saturated rings. The molecular weight excluding hydrogens is 1690 g/mol. The fourth-order valence-corrected chi connectivity index (χ4v) is 13.6. The second kappa shape index (κ2) is 47.0. The molecule has 0 amide bonds. The van der Waals surface area contributed by atoms with Gasteiger partial charge in [0.25, 0.3) is 0 Å². The molecular formula is C74H100O50. The molecule has 696 valence electrons. The van der Waals surface area contributed by atoms with Crippen molar-refractivity contribution in [3.05, 3.63) is 0 Å². The normalized spacial score (nSPS) is 33.1. The molecule has 1 N–H and O–H groups in total. The van der Waals surface area contributed by atoms with Crippen LogP contribution in [0.4, 0.5) is 0 Å².